The number of carbonyl (C=O) groups excluding carboxylic acids is 4. The van der Waals surface area contributed by atoms with Crippen LogP contribution >= 0.6 is 23.2 Å². The van der Waals surface area contributed by atoms with Gasteiger partial charge in [-0.25, -0.2) is 26.9 Å². The summed E-state index contributed by atoms with van der Waals surface area (Å²) in [5.41, 5.74) is -1.58. The van der Waals surface area contributed by atoms with Gasteiger partial charge in [-0.2, -0.15) is 0 Å². The SMILES string of the molecule is O=C1C2CC=C3C(CC4(Cl)C(=O)N(c5c(F)c(F)c(F)c(F)c5F)C(=O)C4(Cl)C3c3ccccc3O)C2C(=O)N1C1CCCCC1. The highest BCUT2D eigenvalue weighted by atomic mass is 35.5. The molecule has 2 aliphatic heterocycles. The number of amides is 4. The molecule has 2 heterocycles. The zero-order chi connectivity index (χ0) is 33.0. The third-order valence-electron chi connectivity index (χ3n) is 10.4. The molecule has 242 valence electrons. The van der Waals surface area contributed by atoms with E-state index in [0.29, 0.717) is 18.4 Å². The first-order valence-electron chi connectivity index (χ1n) is 14.9. The lowest BCUT2D eigenvalue weighted by Crippen LogP contribution is -2.60. The Kier molecular flexibility index (Phi) is 7.10. The number of allylic oxidation sites excluding steroid dienone is 2. The van der Waals surface area contributed by atoms with Crippen LogP contribution in [0, 0.1) is 46.8 Å². The van der Waals surface area contributed by atoms with Gasteiger partial charge in [-0.1, -0.05) is 49.1 Å². The first kappa shape index (κ1) is 31.1. The number of phenolic OH excluding ortho intramolecular Hbond substituents is 1. The summed E-state index contributed by atoms with van der Waals surface area (Å²) < 4.78 is 72.8. The van der Waals surface area contributed by atoms with Crippen molar-refractivity contribution in [3.05, 3.63) is 70.6 Å². The van der Waals surface area contributed by atoms with Gasteiger partial charge in [0.15, 0.2) is 33.0 Å². The summed E-state index contributed by atoms with van der Waals surface area (Å²) in [5, 5.41) is 11.0. The molecule has 0 spiro atoms. The molecule has 0 aromatic heterocycles. The lowest BCUT2D eigenvalue weighted by atomic mass is 9.56. The Morgan fingerprint density at radius 1 is 0.783 bits per heavy atom. The number of likely N-dealkylation sites (tertiary alicyclic amines) is 1. The van der Waals surface area contributed by atoms with Gasteiger partial charge in [0.2, 0.25) is 17.6 Å². The molecule has 7 nitrogen and oxygen atoms in total. The van der Waals surface area contributed by atoms with Gasteiger partial charge in [0.05, 0.1) is 11.8 Å². The molecule has 46 heavy (non-hydrogen) atoms. The molecule has 2 aromatic carbocycles. The molecular weight excluding hydrogens is 658 g/mol. The van der Waals surface area contributed by atoms with Crippen molar-refractivity contribution >= 4 is 52.5 Å². The Morgan fingerprint density at radius 3 is 2.02 bits per heavy atom. The second kappa shape index (κ2) is 10.5. The number of anilines is 1. The van der Waals surface area contributed by atoms with Crippen LogP contribution in [-0.2, 0) is 19.2 Å². The zero-order valence-electron chi connectivity index (χ0n) is 23.8. The molecular formula is C32H25Cl2F5N2O5. The molecule has 0 radical (unpaired) electrons. The minimum Gasteiger partial charge on any atom is -0.508 e. The molecule has 1 N–H and O–H groups in total. The lowest BCUT2D eigenvalue weighted by Gasteiger charge is -2.50. The van der Waals surface area contributed by atoms with Crippen LogP contribution in [0.15, 0.2) is 35.9 Å². The first-order valence-corrected chi connectivity index (χ1v) is 15.7. The van der Waals surface area contributed by atoms with Crippen LogP contribution in [0.3, 0.4) is 0 Å². The minimum absolute atomic E-state index is 0.0294. The number of halogens is 7. The van der Waals surface area contributed by atoms with Crippen molar-refractivity contribution in [2.45, 2.75) is 66.7 Å². The van der Waals surface area contributed by atoms with E-state index in [1.54, 1.807) is 6.08 Å². The van der Waals surface area contributed by atoms with Crippen LogP contribution in [0.4, 0.5) is 27.6 Å². The fourth-order valence-corrected chi connectivity index (χ4v) is 9.29. The van der Waals surface area contributed by atoms with E-state index in [1.807, 2.05) is 0 Å². The smallest absolute Gasteiger partial charge is 0.258 e. The molecule has 14 heteroatoms. The van der Waals surface area contributed by atoms with Gasteiger partial charge in [-0.05, 0) is 37.7 Å². The number of hydrogen-bond acceptors (Lipinski definition) is 5. The average Bonchev–Trinajstić information content (AvgIpc) is 3.38. The molecule has 2 saturated heterocycles. The molecule has 6 unspecified atom stereocenters. The van der Waals surface area contributed by atoms with E-state index in [9.17, 15) is 37.5 Å². The van der Waals surface area contributed by atoms with Crippen molar-refractivity contribution in [2.24, 2.45) is 17.8 Å². The van der Waals surface area contributed by atoms with Crippen LogP contribution < -0.4 is 4.90 Å². The molecule has 6 atom stereocenters. The van der Waals surface area contributed by atoms with E-state index >= 15 is 8.78 Å². The summed E-state index contributed by atoms with van der Waals surface area (Å²) in [6.45, 7) is 0. The number of carbonyl (C=O) groups is 4. The largest absolute Gasteiger partial charge is 0.508 e. The molecule has 4 fully saturated rings. The number of alkyl halides is 2. The Morgan fingerprint density at radius 2 is 1.39 bits per heavy atom. The number of hydrogen-bond donors (Lipinski definition) is 1. The van der Waals surface area contributed by atoms with Crippen LogP contribution in [0.2, 0.25) is 0 Å². The monoisotopic (exact) mass is 682 g/mol. The molecule has 4 amide bonds. The van der Waals surface area contributed by atoms with Crippen molar-refractivity contribution in [3.63, 3.8) is 0 Å². The Bertz CT molecular complexity index is 1750. The maximum absolute atomic E-state index is 15.1. The minimum atomic E-state index is -2.67. The summed E-state index contributed by atoms with van der Waals surface area (Å²) in [4.78, 5) is 51.9. The fraction of sp³-hybridized carbons (Fsp3) is 0.438. The average molecular weight is 683 g/mol. The predicted octanol–water partition coefficient (Wildman–Crippen LogP) is 5.98. The van der Waals surface area contributed by atoms with Crippen molar-refractivity contribution < 1.29 is 46.2 Å². The van der Waals surface area contributed by atoms with E-state index in [0.717, 1.165) is 19.3 Å². The Balaban J connectivity index is 1.42. The number of aromatic hydroxyl groups is 1. The summed E-state index contributed by atoms with van der Waals surface area (Å²) in [6.07, 6.45) is 5.00. The molecule has 2 aromatic rings. The van der Waals surface area contributed by atoms with Crippen LogP contribution in [0.5, 0.6) is 5.75 Å². The molecule has 7 rings (SSSR count). The van der Waals surface area contributed by atoms with E-state index < -0.39 is 98.1 Å². The second-order valence-corrected chi connectivity index (χ2v) is 13.8. The summed E-state index contributed by atoms with van der Waals surface area (Å²) >= 11 is 14.1. The number of nitrogens with zero attached hydrogens (tertiary/aromatic N) is 2. The summed E-state index contributed by atoms with van der Waals surface area (Å²) in [5.74, 6) is -21.0. The van der Waals surface area contributed by atoms with E-state index in [-0.39, 0.29) is 28.8 Å². The highest BCUT2D eigenvalue weighted by molar-refractivity contribution is 6.58. The van der Waals surface area contributed by atoms with Crippen molar-refractivity contribution in [3.8, 4) is 5.75 Å². The van der Waals surface area contributed by atoms with Crippen LogP contribution in [0.25, 0.3) is 0 Å². The third kappa shape index (κ3) is 3.82. The molecule has 5 aliphatic rings. The molecule has 2 saturated carbocycles. The third-order valence-corrected chi connectivity index (χ3v) is 11.9. The van der Waals surface area contributed by atoms with Gasteiger partial charge >= 0.3 is 0 Å². The maximum Gasteiger partial charge on any atom is 0.258 e. The number of rotatable bonds is 3. The number of para-hydroxylation sites is 1. The van der Waals surface area contributed by atoms with E-state index in [4.69, 9.17) is 23.2 Å². The summed E-state index contributed by atoms with van der Waals surface area (Å²) in [7, 11) is 0. The van der Waals surface area contributed by atoms with Gasteiger partial charge in [-0.3, -0.25) is 24.1 Å². The number of imide groups is 2. The second-order valence-electron chi connectivity index (χ2n) is 12.6. The Labute approximate surface area is 268 Å². The number of fused-ring (bicyclic) bond motifs is 4. The highest BCUT2D eigenvalue weighted by Crippen LogP contribution is 2.66. The van der Waals surface area contributed by atoms with Gasteiger partial charge in [0.1, 0.15) is 11.4 Å². The highest BCUT2D eigenvalue weighted by Gasteiger charge is 2.77. The maximum atomic E-state index is 15.1. The fourth-order valence-electron chi connectivity index (χ4n) is 8.37. The van der Waals surface area contributed by atoms with E-state index in [2.05, 4.69) is 0 Å². The van der Waals surface area contributed by atoms with Crippen LogP contribution in [-0.4, -0.2) is 49.4 Å². The Hall–Kier alpha value is -3.51. The quantitative estimate of drug-likeness (QED) is 0.107. The zero-order valence-corrected chi connectivity index (χ0v) is 25.4. The normalized spacial score (nSPS) is 32.9. The topological polar surface area (TPSA) is 95.0 Å². The van der Waals surface area contributed by atoms with E-state index in [1.165, 1.54) is 29.2 Å². The summed E-state index contributed by atoms with van der Waals surface area (Å²) in [6, 6.07) is 5.28. The van der Waals surface area contributed by atoms with Gasteiger partial charge in [0, 0.05) is 17.5 Å². The molecule has 0 bridgehead atoms. The number of phenols is 1. The van der Waals surface area contributed by atoms with Crippen molar-refractivity contribution in [1.29, 1.82) is 0 Å². The van der Waals surface area contributed by atoms with Crippen molar-refractivity contribution in [1.82, 2.24) is 4.90 Å². The predicted molar refractivity (Wildman–Crippen MR) is 153 cm³/mol. The first-order chi connectivity index (χ1) is 21.8. The molecule has 3 aliphatic carbocycles. The number of benzene rings is 2. The van der Waals surface area contributed by atoms with Gasteiger partial charge in [0.25, 0.3) is 11.8 Å². The standard InChI is InChI=1S/C32H25Cl2F5N2O5/c33-31-12-17-14(10-11-16-19(17)28(44)40(27(16)43)13-6-2-1-3-7-13)20(15-8-4-5-9-18(15)42)32(31,34)30(46)41(29(31)45)26-24(38)22(36)21(35)23(37)25(26)39/h4-5,8-10,13,16-17,19-20,42H,1-3,6-7,11-12H2. The lowest BCUT2D eigenvalue weighted by molar-refractivity contribution is -0.143. The van der Waals surface area contributed by atoms with Gasteiger partial charge in [-0.15, -0.1) is 23.2 Å². The van der Waals surface area contributed by atoms with Crippen LogP contribution in [0.1, 0.15) is 56.4 Å². The van der Waals surface area contributed by atoms with Gasteiger partial charge < -0.3 is 5.11 Å². The van der Waals surface area contributed by atoms with Crippen molar-refractivity contribution in [2.75, 3.05) is 4.90 Å².